The number of para-hydroxylation sites is 1. The number of carbonyl (C=O) groups is 2. The summed E-state index contributed by atoms with van der Waals surface area (Å²) in [4.78, 5) is 22.7. The van der Waals surface area contributed by atoms with E-state index in [1.54, 1.807) is 42.5 Å². The van der Waals surface area contributed by atoms with Crippen LogP contribution in [-0.4, -0.2) is 24.5 Å². The van der Waals surface area contributed by atoms with E-state index in [2.05, 4.69) is 0 Å². The standard InChI is InChI=1S/C16H11NO4S/c18-11-16(19)15-10-12-6-4-5-9-14(12)17(15)22(20,21)13-7-2-1-3-8-13/h1-11H. The number of nitrogens with zero attached hydrogens (tertiary/aromatic N) is 1. The smallest absolute Gasteiger partial charge is 0.268 e. The number of hydrogen-bond acceptors (Lipinski definition) is 4. The van der Waals surface area contributed by atoms with Gasteiger partial charge in [-0.25, -0.2) is 12.4 Å². The lowest BCUT2D eigenvalue weighted by molar-refractivity contribution is -0.104. The van der Waals surface area contributed by atoms with E-state index in [0.717, 1.165) is 3.97 Å². The SMILES string of the molecule is O=CC(=O)c1cc2ccccc2n1S(=O)(=O)c1ccccc1. The number of Topliss-reactive ketones (excluding diaryl/α,β-unsaturated/α-hetero) is 1. The largest absolute Gasteiger partial charge is 0.294 e. The van der Waals surface area contributed by atoms with Crippen LogP contribution in [0.5, 0.6) is 0 Å². The maximum Gasteiger partial charge on any atom is 0.268 e. The van der Waals surface area contributed by atoms with Crippen molar-refractivity contribution in [3.63, 3.8) is 0 Å². The highest BCUT2D eigenvalue weighted by Gasteiger charge is 2.25. The van der Waals surface area contributed by atoms with Crippen molar-refractivity contribution in [3.8, 4) is 0 Å². The molecule has 5 nitrogen and oxygen atoms in total. The highest BCUT2D eigenvalue weighted by Crippen LogP contribution is 2.25. The van der Waals surface area contributed by atoms with Gasteiger partial charge in [0.05, 0.1) is 10.4 Å². The predicted octanol–water partition coefficient (Wildman–Crippen LogP) is 2.26. The van der Waals surface area contributed by atoms with Crippen molar-refractivity contribution in [2.24, 2.45) is 0 Å². The van der Waals surface area contributed by atoms with Crippen LogP contribution in [0.4, 0.5) is 0 Å². The zero-order valence-corrected chi connectivity index (χ0v) is 12.2. The number of rotatable bonds is 4. The summed E-state index contributed by atoms with van der Waals surface area (Å²) in [6.45, 7) is 0. The lowest BCUT2D eigenvalue weighted by Crippen LogP contribution is -2.18. The molecule has 0 atom stereocenters. The molecule has 0 aliphatic carbocycles. The fraction of sp³-hybridized carbons (Fsp3) is 0. The van der Waals surface area contributed by atoms with Crippen molar-refractivity contribution >= 4 is 33.0 Å². The molecule has 2 aromatic carbocycles. The Morgan fingerprint density at radius 3 is 2.27 bits per heavy atom. The van der Waals surface area contributed by atoms with Gasteiger partial charge in [-0.1, -0.05) is 36.4 Å². The van der Waals surface area contributed by atoms with Crippen LogP contribution < -0.4 is 0 Å². The molecule has 110 valence electrons. The molecule has 0 saturated heterocycles. The first-order chi connectivity index (χ1) is 10.6. The predicted molar refractivity (Wildman–Crippen MR) is 81.4 cm³/mol. The monoisotopic (exact) mass is 313 g/mol. The maximum absolute atomic E-state index is 12.8. The van der Waals surface area contributed by atoms with E-state index in [-0.39, 0.29) is 16.9 Å². The Balaban J connectivity index is 2.39. The zero-order chi connectivity index (χ0) is 15.7. The highest BCUT2D eigenvalue weighted by molar-refractivity contribution is 7.90. The highest BCUT2D eigenvalue weighted by atomic mass is 32.2. The molecule has 0 radical (unpaired) electrons. The molecule has 0 fully saturated rings. The van der Waals surface area contributed by atoms with Crippen molar-refractivity contribution < 1.29 is 18.0 Å². The Morgan fingerprint density at radius 2 is 1.59 bits per heavy atom. The van der Waals surface area contributed by atoms with Gasteiger partial charge in [-0.15, -0.1) is 0 Å². The van der Waals surface area contributed by atoms with Gasteiger partial charge in [0.15, 0.2) is 6.29 Å². The molecule has 1 heterocycles. The van der Waals surface area contributed by atoms with Gasteiger partial charge in [-0.3, -0.25) is 9.59 Å². The molecule has 0 amide bonds. The molecular formula is C16H11NO4S. The molecule has 0 aliphatic rings. The fourth-order valence-electron chi connectivity index (χ4n) is 2.32. The Labute approximate surface area is 126 Å². The fourth-order valence-corrected chi connectivity index (χ4v) is 3.86. The van der Waals surface area contributed by atoms with Crippen LogP contribution in [0.1, 0.15) is 10.5 Å². The third-order valence-corrected chi connectivity index (χ3v) is 5.05. The van der Waals surface area contributed by atoms with E-state index in [9.17, 15) is 18.0 Å². The number of aromatic nitrogens is 1. The topological polar surface area (TPSA) is 73.2 Å². The van der Waals surface area contributed by atoms with Crippen LogP contribution in [0.3, 0.4) is 0 Å². The summed E-state index contributed by atoms with van der Waals surface area (Å²) >= 11 is 0. The molecule has 3 aromatic rings. The van der Waals surface area contributed by atoms with E-state index in [0.29, 0.717) is 10.9 Å². The van der Waals surface area contributed by atoms with Crippen molar-refractivity contribution in [3.05, 3.63) is 66.4 Å². The van der Waals surface area contributed by atoms with E-state index in [1.807, 2.05) is 0 Å². The first-order valence-corrected chi connectivity index (χ1v) is 7.90. The first-order valence-electron chi connectivity index (χ1n) is 6.46. The van der Waals surface area contributed by atoms with Crippen LogP contribution in [0.15, 0.2) is 65.6 Å². The van der Waals surface area contributed by atoms with Crippen LogP contribution >= 0.6 is 0 Å². The lowest BCUT2D eigenvalue weighted by atomic mass is 10.2. The van der Waals surface area contributed by atoms with Crippen LogP contribution in [0.25, 0.3) is 10.9 Å². The normalized spacial score (nSPS) is 11.5. The molecule has 6 heteroatoms. The second kappa shape index (κ2) is 5.23. The third-order valence-electron chi connectivity index (χ3n) is 3.31. The van der Waals surface area contributed by atoms with Gasteiger partial charge >= 0.3 is 0 Å². The summed E-state index contributed by atoms with van der Waals surface area (Å²) in [5, 5.41) is 0.576. The van der Waals surface area contributed by atoms with E-state index < -0.39 is 15.8 Å². The van der Waals surface area contributed by atoms with Gasteiger partial charge < -0.3 is 0 Å². The van der Waals surface area contributed by atoms with Crippen molar-refractivity contribution in [1.29, 1.82) is 0 Å². The first kappa shape index (κ1) is 14.2. The molecule has 0 spiro atoms. The number of ketones is 1. The Morgan fingerprint density at radius 1 is 0.955 bits per heavy atom. The van der Waals surface area contributed by atoms with E-state index >= 15 is 0 Å². The summed E-state index contributed by atoms with van der Waals surface area (Å²) in [5.74, 6) is -0.879. The minimum absolute atomic E-state index is 0.0521. The van der Waals surface area contributed by atoms with Crippen LogP contribution in [0, 0.1) is 0 Å². The summed E-state index contributed by atoms with van der Waals surface area (Å²) in [5.41, 5.74) is 0.191. The lowest BCUT2D eigenvalue weighted by Gasteiger charge is -2.10. The van der Waals surface area contributed by atoms with Crippen molar-refractivity contribution in [1.82, 2.24) is 3.97 Å². The van der Waals surface area contributed by atoms with Crippen LogP contribution in [-0.2, 0) is 14.8 Å². The van der Waals surface area contributed by atoms with Gasteiger partial charge in [0.2, 0.25) is 5.78 Å². The third kappa shape index (κ3) is 2.14. The molecule has 0 aliphatic heterocycles. The molecule has 0 unspecified atom stereocenters. The maximum atomic E-state index is 12.8. The van der Waals surface area contributed by atoms with Crippen LogP contribution in [0.2, 0.25) is 0 Å². The number of hydrogen-bond donors (Lipinski definition) is 0. The Bertz CT molecular complexity index is 972. The second-order valence-electron chi connectivity index (χ2n) is 4.65. The summed E-state index contributed by atoms with van der Waals surface area (Å²) in [6.07, 6.45) is 0.116. The molecule has 0 saturated carbocycles. The van der Waals surface area contributed by atoms with Gasteiger partial charge in [-0.05, 0) is 24.3 Å². The Hall–Kier alpha value is -2.73. The van der Waals surface area contributed by atoms with Crippen molar-refractivity contribution in [2.45, 2.75) is 4.90 Å². The van der Waals surface area contributed by atoms with Gasteiger partial charge in [-0.2, -0.15) is 0 Å². The van der Waals surface area contributed by atoms with Gasteiger partial charge in [0.25, 0.3) is 10.0 Å². The van der Waals surface area contributed by atoms with Gasteiger partial charge in [0.1, 0.15) is 5.69 Å². The minimum Gasteiger partial charge on any atom is -0.294 e. The molecule has 0 bridgehead atoms. The quantitative estimate of drug-likeness (QED) is 0.421. The minimum atomic E-state index is -3.97. The number of carbonyl (C=O) groups excluding carboxylic acids is 2. The van der Waals surface area contributed by atoms with Gasteiger partial charge in [0, 0.05) is 5.39 Å². The summed E-state index contributed by atoms with van der Waals surface area (Å²) < 4.78 is 26.6. The molecule has 1 aromatic heterocycles. The number of aldehydes is 1. The number of benzene rings is 2. The summed E-state index contributed by atoms with van der Waals surface area (Å²) in [7, 11) is -3.97. The molecule has 22 heavy (non-hydrogen) atoms. The van der Waals surface area contributed by atoms with Crippen molar-refractivity contribution in [2.75, 3.05) is 0 Å². The number of fused-ring (bicyclic) bond motifs is 1. The molecule has 3 rings (SSSR count). The average molecular weight is 313 g/mol. The second-order valence-corrected chi connectivity index (χ2v) is 6.44. The average Bonchev–Trinajstić information content (AvgIpc) is 2.95. The molecule has 0 N–H and O–H groups in total. The molecular weight excluding hydrogens is 302 g/mol. The zero-order valence-electron chi connectivity index (χ0n) is 11.3. The van der Waals surface area contributed by atoms with E-state index in [4.69, 9.17) is 0 Å². The Kier molecular flexibility index (Phi) is 3.38. The van der Waals surface area contributed by atoms with E-state index in [1.165, 1.54) is 18.2 Å². The summed E-state index contributed by atoms with van der Waals surface area (Å²) in [6, 6.07) is 15.9.